The van der Waals surface area contributed by atoms with E-state index in [9.17, 15) is 19.8 Å². The highest BCUT2D eigenvalue weighted by atomic mass is 19.3. The van der Waals surface area contributed by atoms with Crippen LogP contribution < -0.4 is 22.1 Å². The maximum absolute atomic E-state index is 11.4. The number of nitrogens with one attached hydrogen (secondary N) is 2. The molecule has 2 aliphatic heterocycles. The normalized spacial score (nSPS) is 35.0. The van der Waals surface area contributed by atoms with Gasteiger partial charge in [0.15, 0.2) is 6.29 Å². The van der Waals surface area contributed by atoms with Crippen LogP contribution in [-0.4, -0.2) is 138 Å². The second-order valence-corrected chi connectivity index (χ2v) is 9.94. The van der Waals surface area contributed by atoms with E-state index in [2.05, 4.69) is 20.3 Å². The van der Waals surface area contributed by atoms with Crippen LogP contribution in [0.4, 0.5) is 4.53 Å². The molecule has 9 atom stereocenters. The van der Waals surface area contributed by atoms with Crippen LogP contribution in [0.15, 0.2) is 0 Å². The van der Waals surface area contributed by atoms with E-state index < -0.39 is 36.7 Å². The van der Waals surface area contributed by atoms with Crippen molar-refractivity contribution in [2.45, 2.75) is 106 Å². The second-order valence-electron chi connectivity index (χ2n) is 9.94. The molecule has 3 aliphatic rings. The van der Waals surface area contributed by atoms with Crippen molar-refractivity contribution in [3.05, 3.63) is 0 Å². The first-order valence-electron chi connectivity index (χ1n) is 13.6. The van der Waals surface area contributed by atoms with E-state index in [0.717, 1.165) is 45.9 Å². The quantitative estimate of drug-likeness (QED) is 0.104. The first-order valence-corrected chi connectivity index (χ1v) is 13.6. The molecule has 3 fully saturated rings. The number of hydrogen-bond donors (Lipinski definition) is 10. The number of nitrogens with two attached hydrogens (primary N) is 2. The predicted molar refractivity (Wildman–Crippen MR) is 139 cm³/mol. The van der Waals surface area contributed by atoms with E-state index >= 15 is 0 Å². The van der Waals surface area contributed by atoms with Crippen molar-refractivity contribution in [2.75, 3.05) is 46.6 Å². The maximum Gasteiger partial charge on any atom is 0.223 e. The highest BCUT2D eigenvalue weighted by Crippen LogP contribution is 2.27. The Labute approximate surface area is 229 Å². The largest absolute Gasteiger partial charge is 0.400 e. The first kappa shape index (κ1) is 36.4. The van der Waals surface area contributed by atoms with Crippen molar-refractivity contribution in [1.82, 2.24) is 10.6 Å². The van der Waals surface area contributed by atoms with Gasteiger partial charge in [-0.25, -0.2) is 0 Å². The summed E-state index contributed by atoms with van der Waals surface area (Å²) in [6.07, 6.45) is 0.450. The Hall–Kier alpha value is -0.630. The van der Waals surface area contributed by atoms with E-state index in [0.29, 0.717) is 19.4 Å². The Balaban J connectivity index is 0.000000528. The van der Waals surface area contributed by atoms with E-state index in [1.165, 1.54) is 0 Å². The van der Waals surface area contributed by atoms with Gasteiger partial charge < -0.3 is 67.0 Å². The molecule has 0 aromatic rings. The molecule has 2 saturated heterocycles. The van der Waals surface area contributed by atoms with Gasteiger partial charge in [0.05, 0.1) is 44.2 Å². The van der Waals surface area contributed by atoms with Gasteiger partial charge in [0.1, 0.15) is 12.2 Å². The fraction of sp³-hybridized carbons (Fsp3) is 1.00. The Morgan fingerprint density at radius 2 is 1.77 bits per heavy atom. The number of rotatable bonds is 12. The summed E-state index contributed by atoms with van der Waals surface area (Å²) < 4.78 is 28.0. The SMILES string of the molecule is CO.NCCCNCC1CCC[C@@H](O[C@@H]2C(N)CC(NC(CO)CO)CC2O)O1.OC1COC(OF)C(O)C1. The van der Waals surface area contributed by atoms with Crippen LogP contribution >= 0.6 is 0 Å². The summed E-state index contributed by atoms with van der Waals surface area (Å²) in [6, 6.07) is -0.803. The lowest BCUT2D eigenvalue weighted by molar-refractivity contribution is -0.324. The van der Waals surface area contributed by atoms with Gasteiger partial charge in [-0.15, -0.1) is 0 Å². The average molecular weight is 575 g/mol. The fourth-order valence-electron chi connectivity index (χ4n) is 4.73. The van der Waals surface area contributed by atoms with Crippen LogP contribution in [0.3, 0.4) is 0 Å². The fourth-order valence-corrected chi connectivity index (χ4v) is 4.73. The molecule has 15 heteroatoms. The first-order chi connectivity index (χ1) is 18.8. The zero-order chi connectivity index (χ0) is 29.2. The van der Waals surface area contributed by atoms with Crippen molar-refractivity contribution in [1.29, 1.82) is 0 Å². The number of aliphatic hydroxyl groups excluding tert-OH is 6. The molecule has 3 rings (SSSR count). The van der Waals surface area contributed by atoms with Crippen LogP contribution in [0.25, 0.3) is 0 Å². The van der Waals surface area contributed by atoms with Crippen LogP contribution in [-0.2, 0) is 19.2 Å². The summed E-state index contributed by atoms with van der Waals surface area (Å²) in [5, 5.41) is 60.1. The highest BCUT2D eigenvalue weighted by Gasteiger charge is 2.39. The smallest absolute Gasteiger partial charge is 0.223 e. The van der Waals surface area contributed by atoms with Crippen LogP contribution in [0.2, 0.25) is 0 Å². The van der Waals surface area contributed by atoms with E-state index in [1.54, 1.807) is 0 Å². The molecule has 1 aliphatic carbocycles. The predicted octanol–water partition coefficient (Wildman–Crippen LogP) is -3.04. The third kappa shape index (κ3) is 13.7. The average Bonchev–Trinajstić information content (AvgIpc) is 2.93. The Morgan fingerprint density at radius 3 is 2.36 bits per heavy atom. The molecule has 0 radical (unpaired) electrons. The summed E-state index contributed by atoms with van der Waals surface area (Å²) in [5.74, 6) is 0. The molecule has 0 aromatic heterocycles. The minimum Gasteiger partial charge on any atom is -0.400 e. The minimum absolute atomic E-state index is 0.00560. The Kier molecular flexibility index (Phi) is 19.7. The lowest BCUT2D eigenvalue weighted by Gasteiger charge is -2.41. The summed E-state index contributed by atoms with van der Waals surface area (Å²) in [5.41, 5.74) is 11.8. The van der Waals surface area contributed by atoms with E-state index in [-0.39, 0.29) is 50.7 Å². The third-order valence-corrected chi connectivity index (χ3v) is 6.71. The number of hydrogen-bond acceptors (Lipinski definition) is 14. The molecule has 7 unspecified atom stereocenters. The van der Waals surface area contributed by atoms with Crippen molar-refractivity contribution in [3.63, 3.8) is 0 Å². The molecule has 0 aromatic carbocycles. The van der Waals surface area contributed by atoms with Gasteiger partial charge in [0, 0.05) is 32.2 Å². The van der Waals surface area contributed by atoms with E-state index in [4.69, 9.17) is 36.3 Å². The number of aliphatic hydroxyl groups is 6. The molecule has 14 nitrogen and oxygen atoms in total. The van der Waals surface area contributed by atoms with E-state index in [1.807, 2.05) is 0 Å². The third-order valence-electron chi connectivity index (χ3n) is 6.71. The summed E-state index contributed by atoms with van der Waals surface area (Å²) in [6.45, 7) is 2.02. The molecule has 2 heterocycles. The van der Waals surface area contributed by atoms with Crippen LogP contribution in [0, 0.1) is 0 Å². The van der Waals surface area contributed by atoms with Gasteiger partial charge in [0.25, 0.3) is 0 Å². The standard InChI is InChI=1S/C18H38N4O5.C5H9FO4.CH4O/c19-5-2-6-21-9-14-3-1-4-17(26-14)27-18-15(20)7-12(8-16(18)25)22-13(10-23)11-24;6-10-5-4(8)1-3(7)2-9-5;1-2/h12-18,21-25H,1-11,19-20H2;3-5,7-8H,1-2H2;2H,1H3/t12?,14?,15?,16?,17-,18-;;/m1../s1. The zero-order valence-corrected chi connectivity index (χ0v) is 22.8. The van der Waals surface area contributed by atoms with Crippen LogP contribution in [0.1, 0.15) is 44.9 Å². The van der Waals surface area contributed by atoms with Gasteiger partial charge in [-0.05, 0) is 56.1 Å². The Morgan fingerprint density at radius 1 is 1.05 bits per heavy atom. The van der Waals surface area contributed by atoms with Gasteiger partial charge in [-0.2, -0.15) is 4.94 Å². The van der Waals surface area contributed by atoms with Crippen molar-refractivity contribution in [2.24, 2.45) is 11.5 Å². The minimum atomic E-state index is -1.23. The molecule has 39 heavy (non-hydrogen) atoms. The lowest BCUT2D eigenvalue weighted by atomic mass is 9.86. The Bertz CT molecular complexity index is 589. The van der Waals surface area contributed by atoms with Gasteiger partial charge in [-0.1, -0.05) is 0 Å². The summed E-state index contributed by atoms with van der Waals surface area (Å²) in [4.78, 5) is 3.27. The van der Waals surface area contributed by atoms with Gasteiger partial charge >= 0.3 is 0 Å². The molecule has 0 bridgehead atoms. The van der Waals surface area contributed by atoms with Crippen molar-refractivity contribution >= 4 is 0 Å². The van der Waals surface area contributed by atoms with Crippen molar-refractivity contribution in [3.8, 4) is 0 Å². The molecular formula is C24H51FN4O10. The molecule has 0 spiro atoms. The monoisotopic (exact) mass is 574 g/mol. The van der Waals surface area contributed by atoms with Crippen molar-refractivity contribution < 1.29 is 54.3 Å². The zero-order valence-electron chi connectivity index (χ0n) is 22.8. The maximum atomic E-state index is 11.4. The topological polar surface area (TPSA) is 234 Å². The number of halogens is 1. The van der Waals surface area contributed by atoms with Crippen LogP contribution in [0.5, 0.6) is 0 Å². The summed E-state index contributed by atoms with van der Waals surface area (Å²) >= 11 is 0. The molecule has 1 saturated carbocycles. The molecule has 12 N–H and O–H groups in total. The summed E-state index contributed by atoms with van der Waals surface area (Å²) in [7, 11) is 1.00. The molecule has 0 amide bonds. The molecular weight excluding hydrogens is 523 g/mol. The second kappa shape index (κ2) is 21.1. The number of ether oxygens (including phenoxy) is 3. The molecule has 234 valence electrons. The lowest BCUT2D eigenvalue weighted by Crippen LogP contribution is -2.58. The highest BCUT2D eigenvalue weighted by molar-refractivity contribution is 4.94. The van der Waals surface area contributed by atoms with Gasteiger partial charge in [-0.3, -0.25) is 0 Å². The van der Waals surface area contributed by atoms with Gasteiger partial charge in [0.2, 0.25) is 6.29 Å².